The number of carbonyl (C=O) groups excluding carboxylic acids is 1. The third-order valence-electron chi connectivity index (χ3n) is 1.60. The van der Waals surface area contributed by atoms with Gasteiger partial charge in [-0.2, -0.15) is 0 Å². The molecule has 59 valence electrons. The Bertz CT molecular complexity index is 206. The van der Waals surface area contributed by atoms with Gasteiger partial charge in [0.15, 0.2) is 0 Å². The van der Waals surface area contributed by atoms with Crippen LogP contribution in [0, 0.1) is 12.0 Å². The Kier molecular flexibility index (Phi) is 2.47. The molecule has 0 bridgehead atoms. The van der Waals surface area contributed by atoms with Crippen LogP contribution in [0.5, 0.6) is 0 Å². The fourth-order valence-corrected chi connectivity index (χ4v) is 1.00. The maximum absolute atomic E-state index is 10.7. The highest BCUT2D eigenvalue weighted by atomic mass is 16.1. The van der Waals surface area contributed by atoms with Crippen molar-refractivity contribution < 1.29 is 4.79 Å². The number of hydrogen-bond donors (Lipinski definition) is 1. The topological polar surface area (TPSA) is 29.1 Å². The molecule has 1 unspecified atom stereocenters. The first-order valence-electron chi connectivity index (χ1n) is 3.69. The van der Waals surface area contributed by atoms with E-state index in [0.29, 0.717) is 5.92 Å². The summed E-state index contributed by atoms with van der Waals surface area (Å²) in [5.41, 5.74) is 0. The first kappa shape index (κ1) is 8.05. The molecule has 1 rings (SSSR count). The highest BCUT2D eigenvalue weighted by Crippen LogP contribution is 2.17. The van der Waals surface area contributed by atoms with Crippen LogP contribution in [-0.4, -0.2) is 5.91 Å². The quantitative estimate of drug-likeness (QED) is 0.601. The van der Waals surface area contributed by atoms with Gasteiger partial charge in [0.05, 0.1) is 6.04 Å². The van der Waals surface area contributed by atoms with Crippen molar-refractivity contribution in [2.24, 2.45) is 5.92 Å². The Labute approximate surface area is 67.0 Å². The molecule has 0 spiro atoms. The van der Waals surface area contributed by atoms with E-state index in [1.807, 2.05) is 31.2 Å². The van der Waals surface area contributed by atoms with Gasteiger partial charge in [0.25, 0.3) is 0 Å². The minimum atomic E-state index is -0.00759. The lowest BCUT2D eigenvalue weighted by Crippen LogP contribution is -2.29. The molecule has 0 fully saturated rings. The van der Waals surface area contributed by atoms with Crippen LogP contribution in [0.3, 0.4) is 0 Å². The smallest absolute Gasteiger partial charge is 0.217 e. The van der Waals surface area contributed by atoms with Gasteiger partial charge in [0, 0.05) is 12.8 Å². The average molecular weight is 150 g/mol. The van der Waals surface area contributed by atoms with Gasteiger partial charge in [-0.25, -0.2) is 0 Å². The molecule has 2 nitrogen and oxygen atoms in total. The maximum atomic E-state index is 10.7. The third-order valence-corrected chi connectivity index (χ3v) is 1.60. The maximum Gasteiger partial charge on any atom is 0.217 e. The van der Waals surface area contributed by atoms with Crippen LogP contribution in [0.2, 0.25) is 0 Å². The van der Waals surface area contributed by atoms with Crippen molar-refractivity contribution in [1.29, 1.82) is 0 Å². The second-order valence-electron chi connectivity index (χ2n) is 2.67. The zero-order valence-electron chi connectivity index (χ0n) is 6.79. The van der Waals surface area contributed by atoms with Crippen LogP contribution in [0.25, 0.3) is 0 Å². The lowest BCUT2D eigenvalue weighted by atomic mass is 9.97. The first-order valence-corrected chi connectivity index (χ1v) is 3.69. The van der Waals surface area contributed by atoms with E-state index in [4.69, 9.17) is 0 Å². The second kappa shape index (κ2) is 3.37. The molecule has 0 heterocycles. The molecule has 0 aliphatic heterocycles. The van der Waals surface area contributed by atoms with Crippen LogP contribution in [0.1, 0.15) is 13.8 Å². The fourth-order valence-electron chi connectivity index (χ4n) is 1.00. The number of hydrogen-bond acceptors (Lipinski definition) is 1. The number of allylic oxidation sites excluding steroid dienone is 2. The molecule has 0 aromatic carbocycles. The van der Waals surface area contributed by atoms with Crippen molar-refractivity contribution in [2.75, 3.05) is 0 Å². The van der Waals surface area contributed by atoms with Crippen molar-refractivity contribution in [3.8, 4) is 0 Å². The normalized spacial score (nSPS) is 23.6. The molecule has 0 saturated heterocycles. The summed E-state index contributed by atoms with van der Waals surface area (Å²) in [5.74, 6) is 0.315. The summed E-state index contributed by atoms with van der Waals surface area (Å²) in [7, 11) is 0. The van der Waals surface area contributed by atoms with E-state index in [0.717, 1.165) is 6.04 Å². The minimum absolute atomic E-state index is 0.00759. The lowest BCUT2D eigenvalue weighted by Gasteiger charge is -2.19. The molecule has 1 radical (unpaired) electrons. The molecule has 0 saturated carbocycles. The molecule has 2 heteroatoms. The van der Waals surface area contributed by atoms with Crippen molar-refractivity contribution in [3.63, 3.8) is 0 Å². The van der Waals surface area contributed by atoms with Crippen molar-refractivity contribution in [3.05, 3.63) is 30.3 Å². The molecular formula is C9H12NO. The van der Waals surface area contributed by atoms with Gasteiger partial charge in [0.2, 0.25) is 5.91 Å². The van der Waals surface area contributed by atoms with Crippen LogP contribution in [0.4, 0.5) is 0 Å². The monoisotopic (exact) mass is 150 g/mol. The summed E-state index contributed by atoms with van der Waals surface area (Å²) in [6.07, 6.45) is 7.87. The van der Waals surface area contributed by atoms with E-state index in [1.165, 1.54) is 6.92 Å². The first-order chi connectivity index (χ1) is 5.20. The van der Waals surface area contributed by atoms with Crippen molar-refractivity contribution in [1.82, 2.24) is 5.32 Å². The van der Waals surface area contributed by atoms with Gasteiger partial charge < -0.3 is 5.32 Å². The number of carbonyl (C=O) groups is 1. The second-order valence-corrected chi connectivity index (χ2v) is 2.67. The zero-order valence-corrected chi connectivity index (χ0v) is 6.79. The van der Waals surface area contributed by atoms with Crippen LogP contribution >= 0.6 is 0 Å². The SMILES string of the molecule is CC(=O)N[C]1C=CC=CC1C. The molecule has 0 aromatic rings. The Morgan fingerprint density at radius 2 is 2.27 bits per heavy atom. The number of amides is 1. The average Bonchev–Trinajstić information content (AvgIpc) is 1.93. The van der Waals surface area contributed by atoms with Gasteiger partial charge in [0.1, 0.15) is 0 Å². The van der Waals surface area contributed by atoms with Crippen LogP contribution in [-0.2, 0) is 4.79 Å². The molecule has 1 aliphatic rings. The van der Waals surface area contributed by atoms with Crippen LogP contribution < -0.4 is 5.32 Å². The lowest BCUT2D eigenvalue weighted by molar-refractivity contribution is -0.118. The Morgan fingerprint density at radius 3 is 2.82 bits per heavy atom. The van der Waals surface area contributed by atoms with Gasteiger partial charge in [-0.05, 0) is 0 Å². The van der Waals surface area contributed by atoms with E-state index in [-0.39, 0.29) is 5.91 Å². The molecule has 1 amide bonds. The summed E-state index contributed by atoms with van der Waals surface area (Å²) in [6.45, 7) is 3.57. The summed E-state index contributed by atoms with van der Waals surface area (Å²) in [5, 5.41) is 2.77. The van der Waals surface area contributed by atoms with E-state index >= 15 is 0 Å². The van der Waals surface area contributed by atoms with E-state index < -0.39 is 0 Å². The molecular weight excluding hydrogens is 138 g/mol. The van der Waals surface area contributed by atoms with E-state index in [2.05, 4.69) is 5.32 Å². The summed E-state index contributed by atoms with van der Waals surface area (Å²) in [4.78, 5) is 10.7. The van der Waals surface area contributed by atoms with Gasteiger partial charge >= 0.3 is 0 Å². The van der Waals surface area contributed by atoms with E-state index in [9.17, 15) is 4.79 Å². The summed E-state index contributed by atoms with van der Waals surface area (Å²) in [6, 6.07) is 0.972. The molecule has 0 aromatic heterocycles. The molecule has 1 atom stereocenters. The Morgan fingerprint density at radius 1 is 1.55 bits per heavy atom. The molecule has 1 aliphatic carbocycles. The van der Waals surface area contributed by atoms with Gasteiger partial charge in [-0.3, -0.25) is 4.79 Å². The Hall–Kier alpha value is -1.05. The highest BCUT2D eigenvalue weighted by molar-refractivity contribution is 5.75. The highest BCUT2D eigenvalue weighted by Gasteiger charge is 2.14. The largest absolute Gasteiger partial charge is 0.344 e. The van der Waals surface area contributed by atoms with Crippen LogP contribution in [0.15, 0.2) is 24.3 Å². The van der Waals surface area contributed by atoms with Crippen molar-refractivity contribution >= 4 is 5.91 Å². The fraction of sp³-hybridized carbons (Fsp3) is 0.333. The van der Waals surface area contributed by atoms with Gasteiger partial charge in [-0.1, -0.05) is 31.2 Å². The number of rotatable bonds is 1. The third kappa shape index (κ3) is 2.22. The standard InChI is InChI=1S/C9H12NO/c1-7-5-3-4-6-9(7)10-8(2)11/h3-7H,1-2H3,(H,10,11). The zero-order chi connectivity index (χ0) is 8.27. The summed E-state index contributed by atoms with van der Waals surface area (Å²) < 4.78 is 0. The molecule has 11 heavy (non-hydrogen) atoms. The van der Waals surface area contributed by atoms with E-state index in [1.54, 1.807) is 0 Å². The number of nitrogens with one attached hydrogen (secondary N) is 1. The predicted molar refractivity (Wildman–Crippen MR) is 44.5 cm³/mol. The molecule has 1 N–H and O–H groups in total. The predicted octanol–water partition coefficient (Wildman–Crippen LogP) is 1.42. The summed E-state index contributed by atoms with van der Waals surface area (Å²) >= 11 is 0. The minimum Gasteiger partial charge on any atom is -0.344 e. The van der Waals surface area contributed by atoms with Crippen molar-refractivity contribution in [2.45, 2.75) is 13.8 Å². The Balaban J connectivity index is 2.52. The van der Waals surface area contributed by atoms with Gasteiger partial charge in [-0.15, -0.1) is 0 Å².